The van der Waals surface area contributed by atoms with Gasteiger partial charge in [-0.15, -0.1) is 0 Å². The van der Waals surface area contributed by atoms with Gasteiger partial charge in [-0.3, -0.25) is 0 Å². The second-order valence-corrected chi connectivity index (χ2v) is 5.12. The molecule has 1 aromatic heterocycles. The minimum absolute atomic E-state index is 0.393. The van der Waals surface area contributed by atoms with Crippen LogP contribution in [0.15, 0.2) is 30.7 Å². The average molecular weight is 262 g/mol. The van der Waals surface area contributed by atoms with Crippen LogP contribution in [-0.2, 0) is 0 Å². The van der Waals surface area contributed by atoms with Gasteiger partial charge in [-0.05, 0) is 37.9 Å². The first-order chi connectivity index (χ1) is 8.77. The fourth-order valence-electron chi connectivity index (χ4n) is 2.52. The van der Waals surface area contributed by atoms with Gasteiger partial charge in [0.05, 0.1) is 28.9 Å². The van der Waals surface area contributed by atoms with E-state index in [2.05, 4.69) is 14.9 Å². The smallest absolute Gasteiger partial charge is 0.0995 e. The summed E-state index contributed by atoms with van der Waals surface area (Å²) in [6, 6.07) is 6.48. The van der Waals surface area contributed by atoms with Crippen molar-refractivity contribution in [1.82, 2.24) is 14.9 Å². The Morgan fingerprint density at radius 3 is 3.11 bits per heavy atom. The average Bonchev–Trinajstić information content (AvgIpc) is 3.01. The number of nitrogens with zero attached hydrogens (tertiary/aromatic N) is 2. The number of aryl methyl sites for hydroxylation is 1. The molecule has 1 aromatic carbocycles. The molecule has 0 bridgehead atoms. The quantitative estimate of drug-likeness (QED) is 0.899. The monoisotopic (exact) mass is 261 g/mol. The Morgan fingerprint density at radius 1 is 1.44 bits per heavy atom. The van der Waals surface area contributed by atoms with E-state index in [0.29, 0.717) is 6.04 Å². The summed E-state index contributed by atoms with van der Waals surface area (Å²) >= 11 is 6.39. The van der Waals surface area contributed by atoms with Gasteiger partial charge in [0, 0.05) is 6.04 Å². The summed E-state index contributed by atoms with van der Waals surface area (Å²) in [6.07, 6.45) is 6.16. The number of halogens is 1. The van der Waals surface area contributed by atoms with E-state index in [-0.39, 0.29) is 0 Å². The predicted molar refractivity (Wildman–Crippen MR) is 73.3 cm³/mol. The summed E-state index contributed by atoms with van der Waals surface area (Å²) in [5.74, 6) is 0. The second kappa shape index (κ2) is 4.75. The Kier molecular flexibility index (Phi) is 3.10. The first-order valence-electron chi connectivity index (χ1n) is 6.28. The maximum Gasteiger partial charge on any atom is 0.0995 e. The van der Waals surface area contributed by atoms with Crippen LogP contribution < -0.4 is 5.32 Å². The van der Waals surface area contributed by atoms with Crippen LogP contribution in [0, 0.1) is 6.92 Å². The van der Waals surface area contributed by atoms with E-state index in [1.54, 1.807) is 0 Å². The molecule has 0 amide bonds. The van der Waals surface area contributed by atoms with Gasteiger partial charge in [0.15, 0.2) is 0 Å². The van der Waals surface area contributed by atoms with Crippen molar-refractivity contribution < 1.29 is 0 Å². The van der Waals surface area contributed by atoms with Crippen molar-refractivity contribution in [2.24, 2.45) is 0 Å². The van der Waals surface area contributed by atoms with Crippen LogP contribution in [-0.4, -0.2) is 16.1 Å². The molecule has 0 radical (unpaired) electrons. The first kappa shape index (κ1) is 11.8. The van der Waals surface area contributed by atoms with E-state index in [9.17, 15) is 0 Å². The zero-order valence-electron chi connectivity index (χ0n) is 10.4. The van der Waals surface area contributed by atoms with Gasteiger partial charge >= 0.3 is 0 Å². The molecule has 1 atom stereocenters. The van der Waals surface area contributed by atoms with Gasteiger partial charge in [0.2, 0.25) is 0 Å². The van der Waals surface area contributed by atoms with E-state index < -0.39 is 0 Å². The van der Waals surface area contributed by atoms with Gasteiger partial charge in [-0.2, -0.15) is 0 Å². The molecule has 2 aromatic rings. The van der Waals surface area contributed by atoms with Gasteiger partial charge in [0.1, 0.15) is 0 Å². The molecule has 1 aliphatic heterocycles. The van der Waals surface area contributed by atoms with Crippen LogP contribution in [0.3, 0.4) is 0 Å². The number of nitrogens with one attached hydrogen (secondary N) is 1. The Balaban J connectivity index is 2.06. The number of benzene rings is 1. The predicted octanol–water partition coefficient (Wildman–Crippen LogP) is 3.26. The van der Waals surface area contributed by atoms with Crippen molar-refractivity contribution in [3.05, 3.63) is 47.0 Å². The third-order valence-electron chi connectivity index (χ3n) is 3.52. The number of aromatic nitrogens is 2. The first-order valence-corrected chi connectivity index (χ1v) is 6.66. The Hall–Kier alpha value is -1.32. The van der Waals surface area contributed by atoms with Crippen LogP contribution >= 0.6 is 11.6 Å². The van der Waals surface area contributed by atoms with Crippen LogP contribution in [0.5, 0.6) is 0 Å². The molecule has 1 unspecified atom stereocenters. The van der Waals surface area contributed by atoms with Crippen molar-refractivity contribution in [2.75, 3.05) is 6.54 Å². The van der Waals surface area contributed by atoms with Gasteiger partial charge in [-0.25, -0.2) is 4.98 Å². The van der Waals surface area contributed by atoms with E-state index in [1.807, 2.05) is 37.6 Å². The number of hydrogen-bond donors (Lipinski definition) is 1. The van der Waals surface area contributed by atoms with E-state index in [1.165, 1.54) is 12.1 Å². The van der Waals surface area contributed by atoms with Crippen molar-refractivity contribution >= 4 is 11.6 Å². The summed E-state index contributed by atoms with van der Waals surface area (Å²) in [5, 5.41) is 4.30. The van der Waals surface area contributed by atoms with Crippen molar-refractivity contribution in [1.29, 1.82) is 0 Å². The highest BCUT2D eigenvalue weighted by atomic mass is 35.5. The number of imidazole rings is 1. The second-order valence-electron chi connectivity index (χ2n) is 4.75. The normalized spacial score (nSPS) is 19.3. The maximum atomic E-state index is 6.39. The molecule has 1 fully saturated rings. The zero-order chi connectivity index (χ0) is 12.5. The van der Waals surface area contributed by atoms with Crippen LogP contribution in [0.25, 0.3) is 5.69 Å². The van der Waals surface area contributed by atoms with Crippen molar-refractivity contribution in [3.63, 3.8) is 0 Å². The summed E-state index contributed by atoms with van der Waals surface area (Å²) in [5.41, 5.74) is 3.30. The lowest BCUT2D eigenvalue weighted by atomic mass is 10.1. The fraction of sp³-hybridized carbons (Fsp3) is 0.357. The lowest BCUT2D eigenvalue weighted by Crippen LogP contribution is -2.16. The van der Waals surface area contributed by atoms with Gasteiger partial charge < -0.3 is 9.88 Å². The highest BCUT2D eigenvalue weighted by molar-refractivity contribution is 6.33. The van der Waals surface area contributed by atoms with Gasteiger partial charge in [0.25, 0.3) is 0 Å². The van der Waals surface area contributed by atoms with Crippen LogP contribution in [0.2, 0.25) is 5.02 Å². The Morgan fingerprint density at radius 2 is 2.33 bits per heavy atom. The molecule has 4 heteroatoms. The molecule has 1 N–H and O–H groups in total. The molecule has 1 aliphatic rings. The largest absolute Gasteiger partial charge is 0.309 e. The molecule has 0 aliphatic carbocycles. The standard InChI is InChI=1S/C14H16ClN3/c1-10-4-2-6-12(14(10)15)18-9-16-8-13(18)11-5-3-7-17-11/h2,4,6,8-9,11,17H,3,5,7H2,1H3. The van der Waals surface area contributed by atoms with E-state index in [4.69, 9.17) is 11.6 Å². The number of hydrogen-bond acceptors (Lipinski definition) is 2. The summed E-state index contributed by atoms with van der Waals surface area (Å²) in [7, 11) is 0. The zero-order valence-corrected chi connectivity index (χ0v) is 11.1. The highest BCUT2D eigenvalue weighted by Gasteiger charge is 2.21. The molecule has 0 saturated carbocycles. The molecule has 1 saturated heterocycles. The maximum absolute atomic E-state index is 6.39. The van der Waals surface area contributed by atoms with E-state index >= 15 is 0 Å². The highest BCUT2D eigenvalue weighted by Crippen LogP contribution is 2.29. The minimum Gasteiger partial charge on any atom is -0.309 e. The Bertz CT molecular complexity index is 556. The minimum atomic E-state index is 0.393. The molecule has 0 spiro atoms. The lowest BCUT2D eigenvalue weighted by molar-refractivity contribution is 0.615. The van der Waals surface area contributed by atoms with Gasteiger partial charge in [-0.1, -0.05) is 23.7 Å². The molecule has 3 rings (SSSR count). The summed E-state index contributed by atoms with van der Waals surface area (Å²) in [4.78, 5) is 4.28. The molecular formula is C14H16ClN3. The fourth-order valence-corrected chi connectivity index (χ4v) is 2.74. The summed E-state index contributed by atoms with van der Waals surface area (Å²) in [6.45, 7) is 3.10. The topological polar surface area (TPSA) is 29.9 Å². The third kappa shape index (κ3) is 1.93. The molecule has 18 heavy (non-hydrogen) atoms. The van der Waals surface area contributed by atoms with Crippen molar-refractivity contribution in [2.45, 2.75) is 25.8 Å². The van der Waals surface area contributed by atoms with Crippen molar-refractivity contribution in [3.8, 4) is 5.69 Å². The summed E-state index contributed by atoms with van der Waals surface area (Å²) < 4.78 is 2.10. The Labute approximate surface area is 112 Å². The third-order valence-corrected chi connectivity index (χ3v) is 4.01. The lowest BCUT2D eigenvalue weighted by Gasteiger charge is -2.15. The van der Waals surface area contributed by atoms with E-state index in [0.717, 1.165) is 29.2 Å². The van der Waals surface area contributed by atoms with Crippen LogP contribution in [0.1, 0.15) is 30.1 Å². The SMILES string of the molecule is Cc1cccc(-n2cncc2C2CCCN2)c1Cl. The molecular weight excluding hydrogens is 246 g/mol. The molecule has 94 valence electrons. The molecule has 2 heterocycles. The number of rotatable bonds is 2. The molecule has 3 nitrogen and oxygen atoms in total. The van der Waals surface area contributed by atoms with Crippen LogP contribution in [0.4, 0.5) is 0 Å².